The van der Waals surface area contributed by atoms with Crippen LogP contribution in [0.4, 0.5) is 0 Å². The molecule has 0 aromatic heterocycles. The summed E-state index contributed by atoms with van der Waals surface area (Å²) in [7, 11) is 0. The van der Waals surface area contributed by atoms with Crippen LogP contribution in [-0.4, -0.2) is 0 Å². The molecule has 232 valence electrons. The zero-order valence-corrected chi connectivity index (χ0v) is 27.5. The van der Waals surface area contributed by atoms with E-state index in [-0.39, 0.29) is 0 Å². The number of hydrogen-bond donors (Lipinski definition) is 0. The van der Waals surface area contributed by atoms with E-state index in [9.17, 15) is 0 Å². The van der Waals surface area contributed by atoms with Crippen molar-refractivity contribution in [2.45, 2.75) is 0 Å². The number of hydrogen-bond acceptors (Lipinski definition) is 0. The lowest BCUT2D eigenvalue weighted by molar-refractivity contribution is 1.62. The standard InChI is InChI=1S/C50H32/c1-4-13-36-28-40(23-20-33(36)10-1)39-16-9-17-43(31-39)49-45-18-7-8-19-46(45)50(44-25-22-35-12-3-6-15-38(35)30-44)48-32-42(26-27-47(48)49)41-24-21-34-11-2-5-14-37(34)29-41/h1-32H. The molecule has 0 aliphatic carbocycles. The molecule has 0 spiro atoms. The van der Waals surface area contributed by atoms with E-state index >= 15 is 0 Å². The van der Waals surface area contributed by atoms with Crippen LogP contribution in [0.15, 0.2) is 194 Å². The first-order valence-corrected chi connectivity index (χ1v) is 17.3. The smallest absolute Gasteiger partial charge is 0.00259 e. The fourth-order valence-electron chi connectivity index (χ4n) is 7.92. The van der Waals surface area contributed by atoms with E-state index in [0.717, 1.165) is 0 Å². The molecular weight excluding hydrogens is 601 g/mol. The summed E-state index contributed by atoms with van der Waals surface area (Å²) in [6.45, 7) is 0. The van der Waals surface area contributed by atoms with Crippen LogP contribution in [0, 0.1) is 0 Å². The van der Waals surface area contributed by atoms with Crippen molar-refractivity contribution >= 4 is 53.9 Å². The van der Waals surface area contributed by atoms with E-state index < -0.39 is 0 Å². The summed E-state index contributed by atoms with van der Waals surface area (Å²) in [5, 5.41) is 12.6. The van der Waals surface area contributed by atoms with Crippen molar-refractivity contribution in [2.24, 2.45) is 0 Å². The second kappa shape index (κ2) is 11.6. The third-order valence-electron chi connectivity index (χ3n) is 10.4. The minimum atomic E-state index is 1.22. The van der Waals surface area contributed by atoms with Gasteiger partial charge in [0.25, 0.3) is 0 Å². The van der Waals surface area contributed by atoms with E-state index in [4.69, 9.17) is 0 Å². The molecule has 0 aliphatic heterocycles. The Morgan fingerprint density at radius 3 is 1.12 bits per heavy atom. The van der Waals surface area contributed by atoms with E-state index in [1.54, 1.807) is 0 Å². The summed E-state index contributed by atoms with van der Waals surface area (Å²) in [4.78, 5) is 0. The minimum Gasteiger partial charge on any atom is -0.0616 e. The molecule has 10 aromatic rings. The highest BCUT2D eigenvalue weighted by atomic mass is 14.2. The third-order valence-corrected chi connectivity index (χ3v) is 10.4. The third kappa shape index (κ3) is 4.77. The van der Waals surface area contributed by atoms with Gasteiger partial charge in [0.15, 0.2) is 0 Å². The molecular formula is C50H32. The molecule has 0 aliphatic rings. The van der Waals surface area contributed by atoms with Gasteiger partial charge in [-0.15, -0.1) is 0 Å². The molecule has 0 heteroatoms. The normalized spacial score (nSPS) is 11.6. The van der Waals surface area contributed by atoms with Crippen molar-refractivity contribution in [2.75, 3.05) is 0 Å². The first-order valence-electron chi connectivity index (χ1n) is 17.3. The Hall–Kier alpha value is -6.50. The maximum Gasteiger partial charge on any atom is -0.00259 e. The van der Waals surface area contributed by atoms with Gasteiger partial charge in [-0.05, 0) is 129 Å². The maximum absolute atomic E-state index is 2.42. The molecule has 0 saturated heterocycles. The van der Waals surface area contributed by atoms with Crippen LogP contribution in [0.2, 0.25) is 0 Å². The first-order chi connectivity index (χ1) is 24.8. The van der Waals surface area contributed by atoms with Gasteiger partial charge in [-0.25, -0.2) is 0 Å². The largest absolute Gasteiger partial charge is 0.0616 e. The van der Waals surface area contributed by atoms with Gasteiger partial charge in [0.2, 0.25) is 0 Å². The van der Waals surface area contributed by atoms with Crippen molar-refractivity contribution < 1.29 is 0 Å². The Kier molecular flexibility index (Phi) is 6.60. The van der Waals surface area contributed by atoms with Crippen LogP contribution in [-0.2, 0) is 0 Å². The summed E-state index contributed by atoms with van der Waals surface area (Å²) in [6, 6.07) is 71.5. The fraction of sp³-hybridized carbons (Fsp3) is 0. The quantitative estimate of drug-likeness (QED) is 0.169. The lowest BCUT2D eigenvalue weighted by Crippen LogP contribution is -1.92. The molecule has 50 heavy (non-hydrogen) atoms. The Bertz CT molecular complexity index is 2930. The van der Waals surface area contributed by atoms with Crippen LogP contribution in [0.5, 0.6) is 0 Å². The fourth-order valence-corrected chi connectivity index (χ4v) is 7.92. The minimum absolute atomic E-state index is 1.22. The van der Waals surface area contributed by atoms with Gasteiger partial charge in [-0.3, -0.25) is 0 Å². The Labute approximate surface area is 291 Å². The van der Waals surface area contributed by atoms with E-state index in [1.807, 2.05) is 0 Å². The highest BCUT2D eigenvalue weighted by molar-refractivity contribution is 6.22. The van der Waals surface area contributed by atoms with Crippen LogP contribution in [0.1, 0.15) is 0 Å². The predicted octanol–water partition coefficient (Wildman–Crippen LogP) is 14.1. The van der Waals surface area contributed by atoms with Crippen molar-refractivity contribution in [3.63, 3.8) is 0 Å². The van der Waals surface area contributed by atoms with Gasteiger partial charge in [-0.2, -0.15) is 0 Å². The van der Waals surface area contributed by atoms with Crippen molar-refractivity contribution in [1.82, 2.24) is 0 Å². The molecule has 0 nitrogen and oxygen atoms in total. The molecule has 10 rings (SSSR count). The van der Waals surface area contributed by atoms with Crippen LogP contribution >= 0.6 is 0 Å². The molecule has 0 heterocycles. The highest BCUT2D eigenvalue weighted by Crippen LogP contribution is 2.46. The highest BCUT2D eigenvalue weighted by Gasteiger charge is 2.18. The summed E-state index contributed by atoms with van der Waals surface area (Å²) in [5.74, 6) is 0. The molecule has 0 radical (unpaired) electrons. The Morgan fingerprint density at radius 1 is 0.180 bits per heavy atom. The zero-order valence-electron chi connectivity index (χ0n) is 27.5. The molecule has 0 atom stereocenters. The lowest BCUT2D eigenvalue weighted by atomic mass is 9.84. The summed E-state index contributed by atoms with van der Waals surface area (Å²) >= 11 is 0. The van der Waals surface area contributed by atoms with Gasteiger partial charge < -0.3 is 0 Å². The number of fused-ring (bicyclic) bond motifs is 5. The summed E-state index contributed by atoms with van der Waals surface area (Å²) < 4.78 is 0. The van der Waals surface area contributed by atoms with Crippen LogP contribution in [0.25, 0.3) is 98.4 Å². The van der Waals surface area contributed by atoms with Gasteiger partial charge >= 0.3 is 0 Å². The lowest BCUT2D eigenvalue weighted by Gasteiger charge is -2.19. The predicted molar refractivity (Wildman–Crippen MR) is 216 cm³/mol. The topological polar surface area (TPSA) is 0 Å². The molecule has 0 bridgehead atoms. The van der Waals surface area contributed by atoms with Gasteiger partial charge in [0.1, 0.15) is 0 Å². The first kappa shape index (κ1) is 28.5. The second-order valence-electron chi connectivity index (χ2n) is 13.3. The van der Waals surface area contributed by atoms with Gasteiger partial charge in [0.05, 0.1) is 0 Å². The summed E-state index contributed by atoms with van der Waals surface area (Å²) in [5.41, 5.74) is 9.89. The number of rotatable bonds is 4. The molecule has 0 amide bonds. The number of benzene rings is 10. The average Bonchev–Trinajstić information content (AvgIpc) is 3.19. The molecule has 0 N–H and O–H groups in total. The van der Waals surface area contributed by atoms with E-state index in [0.29, 0.717) is 0 Å². The summed E-state index contributed by atoms with van der Waals surface area (Å²) in [6.07, 6.45) is 0. The monoisotopic (exact) mass is 632 g/mol. The van der Waals surface area contributed by atoms with E-state index in [2.05, 4.69) is 194 Å². The molecule has 0 saturated carbocycles. The van der Waals surface area contributed by atoms with Crippen LogP contribution in [0.3, 0.4) is 0 Å². The van der Waals surface area contributed by atoms with Crippen molar-refractivity contribution in [1.29, 1.82) is 0 Å². The van der Waals surface area contributed by atoms with Crippen LogP contribution < -0.4 is 0 Å². The Morgan fingerprint density at radius 2 is 0.540 bits per heavy atom. The second-order valence-corrected chi connectivity index (χ2v) is 13.3. The zero-order chi connectivity index (χ0) is 33.0. The Balaban J connectivity index is 1.25. The SMILES string of the molecule is c1cc(-c2ccc3ccccc3c2)cc(-c2c3ccccc3c(-c3ccc4ccccc4c3)c3cc(-c4ccc5ccccc5c4)ccc23)c1. The van der Waals surface area contributed by atoms with Crippen molar-refractivity contribution in [3.8, 4) is 44.5 Å². The van der Waals surface area contributed by atoms with E-state index in [1.165, 1.54) is 98.4 Å². The van der Waals surface area contributed by atoms with Gasteiger partial charge in [0, 0.05) is 0 Å². The molecule has 10 aromatic carbocycles. The molecule has 0 fully saturated rings. The molecule has 0 unspecified atom stereocenters. The van der Waals surface area contributed by atoms with Crippen molar-refractivity contribution in [3.05, 3.63) is 194 Å². The average molecular weight is 633 g/mol. The van der Waals surface area contributed by atoms with Gasteiger partial charge in [-0.1, -0.05) is 164 Å². The maximum atomic E-state index is 2.42.